The summed E-state index contributed by atoms with van der Waals surface area (Å²) in [6, 6.07) is 9.96. The molecule has 3 aromatic rings. The number of methoxy groups -OCH3 is 1. The first kappa shape index (κ1) is 24.2. The number of nitrogens with zero attached hydrogens (tertiary/aromatic N) is 5. The van der Waals surface area contributed by atoms with Crippen molar-refractivity contribution in [2.75, 3.05) is 18.6 Å². The van der Waals surface area contributed by atoms with E-state index in [1.807, 2.05) is 32.0 Å². The molecule has 38 heavy (non-hydrogen) atoms. The lowest BCUT2D eigenvalue weighted by atomic mass is 9.74. The smallest absolute Gasteiger partial charge is 0.254 e. The number of fused-ring (bicyclic) bond motifs is 1. The molecule has 9 nitrogen and oxygen atoms in total. The number of hydrogen-bond donors (Lipinski definition) is 1. The van der Waals surface area contributed by atoms with Gasteiger partial charge in [-0.2, -0.15) is 10.4 Å². The summed E-state index contributed by atoms with van der Waals surface area (Å²) in [7, 11) is 1.58. The van der Waals surface area contributed by atoms with Crippen LogP contribution in [0.5, 0.6) is 5.75 Å². The summed E-state index contributed by atoms with van der Waals surface area (Å²) in [5, 5.41) is 17.0. The molecule has 9 heteroatoms. The highest BCUT2D eigenvalue weighted by atomic mass is 16.5. The topological polar surface area (TPSA) is 113 Å². The van der Waals surface area contributed by atoms with E-state index in [1.54, 1.807) is 35.3 Å². The largest absolute Gasteiger partial charge is 0.493 e. The van der Waals surface area contributed by atoms with Crippen molar-refractivity contribution in [1.29, 1.82) is 5.26 Å². The van der Waals surface area contributed by atoms with Crippen LogP contribution in [0.15, 0.2) is 42.9 Å². The van der Waals surface area contributed by atoms with E-state index in [0.717, 1.165) is 36.0 Å². The minimum absolute atomic E-state index is 0.0701. The molecule has 0 radical (unpaired) electrons. The zero-order valence-corrected chi connectivity index (χ0v) is 21.7. The molecule has 2 aliphatic carbocycles. The van der Waals surface area contributed by atoms with Gasteiger partial charge >= 0.3 is 0 Å². The van der Waals surface area contributed by atoms with E-state index in [9.17, 15) is 14.9 Å². The van der Waals surface area contributed by atoms with Gasteiger partial charge in [0.25, 0.3) is 5.91 Å². The van der Waals surface area contributed by atoms with Crippen LogP contribution in [-0.2, 0) is 4.79 Å². The number of carbonyl (C=O) groups is 2. The summed E-state index contributed by atoms with van der Waals surface area (Å²) in [6.45, 7) is 4.70. The predicted octanol–water partition coefficient (Wildman–Crippen LogP) is 3.73. The first-order valence-corrected chi connectivity index (χ1v) is 13.1. The zero-order valence-electron chi connectivity index (χ0n) is 21.7. The SMILES string of the molecule is COc1cc(C(C)n2cc(C(=O)N[C@H]3C[C@@H](c4cc(C)ccc4C#N)C3)cn2)cnc1N1C[C@H]2C[C@H]2C1=O. The second kappa shape index (κ2) is 9.28. The highest BCUT2D eigenvalue weighted by Gasteiger charge is 2.53. The van der Waals surface area contributed by atoms with Gasteiger partial charge in [0, 0.05) is 30.9 Å². The number of aryl methyl sites for hydroxylation is 1. The molecule has 2 amide bonds. The monoisotopic (exact) mass is 510 g/mol. The van der Waals surface area contributed by atoms with Gasteiger partial charge in [-0.3, -0.25) is 19.2 Å². The van der Waals surface area contributed by atoms with Crippen LogP contribution in [0, 0.1) is 30.1 Å². The van der Waals surface area contributed by atoms with Crippen molar-refractivity contribution in [2.45, 2.75) is 51.1 Å². The Bertz CT molecular complexity index is 1470. The molecule has 194 valence electrons. The van der Waals surface area contributed by atoms with E-state index in [4.69, 9.17) is 4.74 Å². The van der Waals surface area contributed by atoms with Gasteiger partial charge in [0.2, 0.25) is 5.91 Å². The zero-order chi connectivity index (χ0) is 26.6. The van der Waals surface area contributed by atoms with Crippen LogP contribution in [0.4, 0.5) is 5.82 Å². The molecule has 2 aromatic heterocycles. The molecule has 3 aliphatic rings. The Morgan fingerprint density at radius 3 is 2.76 bits per heavy atom. The third-order valence-electron chi connectivity index (χ3n) is 8.24. The number of ether oxygens (including phenoxy) is 1. The number of carbonyl (C=O) groups excluding carboxylic acids is 2. The van der Waals surface area contributed by atoms with E-state index in [-0.39, 0.29) is 35.7 Å². The summed E-state index contributed by atoms with van der Waals surface area (Å²) in [5.74, 6) is 1.97. The number of anilines is 1. The van der Waals surface area contributed by atoms with Crippen LogP contribution in [0.3, 0.4) is 0 Å². The standard InChI is InChI=1S/C29H30N6O3/c1-16-4-5-18(11-30)24(6-16)19-7-23(8-19)33-28(36)22-13-32-35(15-22)17(2)20-10-26(38-3)27(31-12-20)34-14-21-9-25(21)29(34)37/h4-6,10,12-13,15,17,19,21,23,25H,7-9,14H2,1-3H3,(H,33,36)/t17?,19-,21-,23+,25-/m1/s1. The maximum absolute atomic E-state index is 12.9. The van der Waals surface area contributed by atoms with Gasteiger partial charge < -0.3 is 10.1 Å². The Labute approximate surface area is 221 Å². The van der Waals surface area contributed by atoms with Crippen LogP contribution in [-0.4, -0.2) is 46.3 Å². The molecule has 6 rings (SSSR count). The molecular weight excluding hydrogens is 480 g/mol. The molecule has 1 saturated heterocycles. The van der Waals surface area contributed by atoms with Crippen molar-refractivity contribution in [2.24, 2.45) is 11.8 Å². The van der Waals surface area contributed by atoms with Crippen LogP contribution in [0.1, 0.15) is 70.8 Å². The fourth-order valence-corrected chi connectivity index (χ4v) is 5.70. The number of hydrogen-bond acceptors (Lipinski definition) is 6. The Kier molecular flexibility index (Phi) is 5.90. The Morgan fingerprint density at radius 1 is 1.24 bits per heavy atom. The van der Waals surface area contributed by atoms with Gasteiger partial charge in [0.1, 0.15) is 0 Å². The van der Waals surface area contributed by atoms with E-state index >= 15 is 0 Å². The number of amides is 2. The maximum Gasteiger partial charge on any atom is 0.254 e. The molecule has 1 unspecified atom stereocenters. The Balaban J connectivity index is 1.09. The minimum Gasteiger partial charge on any atom is -0.493 e. The first-order valence-electron chi connectivity index (χ1n) is 13.1. The van der Waals surface area contributed by atoms with Gasteiger partial charge in [-0.25, -0.2) is 4.98 Å². The van der Waals surface area contributed by atoms with Crippen molar-refractivity contribution in [3.8, 4) is 11.8 Å². The first-order chi connectivity index (χ1) is 18.4. The molecular formula is C29H30N6O3. The number of aromatic nitrogens is 3. The number of pyridine rings is 1. The second-order valence-electron chi connectivity index (χ2n) is 10.8. The lowest BCUT2D eigenvalue weighted by Gasteiger charge is -2.36. The number of nitrogens with one attached hydrogen (secondary N) is 1. The van der Waals surface area contributed by atoms with Crippen LogP contribution >= 0.6 is 0 Å². The molecule has 1 aliphatic heterocycles. The van der Waals surface area contributed by atoms with Gasteiger partial charge in [0.05, 0.1) is 36.5 Å². The van der Waals surface area contributed by atoms with E-state index in [0.29, 0.717) is 35.2 Å². The third kappa shape index (κ3) is 4.20. The van der Waals surface area contributed by atoms with E-state index in [2.05, 4.69) is 27.5 Å². The molecule has 2 saturated carbocycles. The lowest BCUT2D eigenvalue weighted by molar-refractivity contribution is -0.118. The van der Waals surface area contributed by atoms with Crippen LogP contribution < -0.4 is 15.0 Å². The summed E-state index contributed by atoms with van der Waals surface area (Å²) in [5.41, 5.74) is 4.28. The van der Waals surface area contributed by atoms with E-state index in [1.165, 1.54) is 0 Å². The normalized spacial score (nSPS) is 24.3. The number of rotatable bonds is 7. The summed E-state index contributed by atoms with van der Waals surface area (Å²) in [4.78, 5) is 31.7. The van der Waals surface area contributed by atoms with Crippen molar-refractivity contribution >= 4 is 17.6 Å². The lowest BCUT2D eigenvalue weighted by Crippen LogP contribution is -2.43. The number of piperidine rings is 1. The molecule has 0 bridgehead atoms. The van der Waals surface area contributed by atoms with Crippen molar-refractivity contribution in [1.82, 2.24) is 20.1 Å². The third-order valence-corrected chi connectivity index (χ3v) is 8.24. The Morgan fingerprint density at radius 2 is 2.05 bits per heavy atom. The highest BCUT2D eigenvalue weighted by Crippen LogP contribution is 2.48. The van der Waals surface area contributed by atoms with E-state index < -0.39 is 0 Å². The fourth-order valence-electron chi connectivity index (χ4n) is 5.70. The molecule has 3 heterocycles. The Hall–Kier alpha value is -4.19. The number of nitriles is 1. The molecule has 1 aromatic carbocycles. The van der Waals surface area contributed by atoms with Crippen LogP contribution in [0.25, 0.3) is 0 Å². The molecule has 3 fully saturated rings. The van der Waals surface area contributed by atoms with Gasteiger partial charge in [0.15, 0.2) is 11.6 Å². The molecule has 3 atom stereocenters. The van der Waals surface area contributed by atoms with Gasteiger partial charge in [-0.05, 0) is 68.2 Å². The van der Waals surface area contributed by atoms with Gasteiger partial charge in [-0.1, -0.05) is 17.7 Å². The van der Waals surface area contributed by atoms with Crippen molar-refractivity contribution in [3.05, 3.63) is 70.7 Å². The average molecular weight is 511 g/mol. The quantitative estimate of drug-likeness (QED) is 0.518. The molecule has 0 spiro atoms. The van der Waals surface area contributed by atoms with Crippen molar-refractivity contribution < 1.29 is 14.3 Å². The minimum atomic E-state index is -0.187. The summed E-state index contributed by atoms with van der Waals surface area (Å²) in [6.07, 6.45) is 7.67. The number of benzene rings is 1. The summed E-state index contributed by atoms with van der Waals surface area (Å²) < 4.78 is 7.32. The predicted molar refractivity (Wildman–Crippen MR) is 140 cm³/mol. The average Bonchev–Trinajstić information content (AvgIpc) is 3.36. The summed E-state index contributed by atoms with van der Waals surface area (Å²) >= 11 is 0. The van der Waals surface area contributed by atoms with Crippen LogP contribution in [0.2, 0.25) is 0 Å². The highest BCUT2D eigenvalue weighted by molar-refractivity contribution is 6.00. The maximum atomic E-state index is 12.9. The second-order valence-corrected chi connectivity index (χ2v) is 10.8. The van der Waals surface area contributed by atoms with Gasteiger partial charge in [-0.15, -0.1) is 0 Å². The molecule has 1 N–H and O–H groups in total. The fraction of sp³-hybridized carbons (Fsp3) is 0.414. The van der Waals surface area contributed by atoms with Crippen molar-refractivity contribution in [3.63, 3.8) is 0 Å².